The monoisotopic (exact) mass is 407 g/mol. The number of nitrogens with two attached hydrogens (primary N) is 1. The highest BCUT2D eigenvalue weighted by Gasteiger charge is 2.28. The van der Waals surface area contributed by atoms with E-state index in [2.05, 4.69) is 40.7 Å². The van der Waals surface area contributed by atoms with E-state index < -0.39 is 5.54 Å². The topological polar surface area (TPSA) is 64.7 Å². The summed E-state index contributed by atoms with van der Waals surface area (Å²) >= 11 is 0. The minimum absolute atomic E-state index is 0.00985. The van der Waals surface area contributed by atoms with E-state index in [4.69, 9.17) is 15.2 Å². The molecule has 0 spiro atoms. The van der Waals surface area contributed by atoms with Gasteiger partial charge in [-0.1, -0.05) is 59.9 Å². The van der Waals surface area contributed by atoms with Gasteiger partial charge in [0.2, 0.25) is 0 Å². The lowest BCUT2D eigenvalue weighted by atomic mass is 9.83. The van der Waals surface area contributed by atoms with Crippen LogP contribution in [-0.4, -0.2) is 31.0 Å². The van der Waals surface area contributed by atoms with Gasteiger partial charge in [-0.3, -0.25) is 0 Å². The van der Waals surface area contributed by atoms with Crippen molar-refractivity contribution >= 4 is 0 Å². The van der Waals surface area contributed by atoms with Crippen molar-refractivity contribution in [3.63, 3.8) is 0 Å². The first-order valence-electron chi connectivity index (χ1n) is 11.4. The van der Waals surface area contributed by atoms with Crippen molar-refractivity contribution in [2.75, 3.05) is 20.3 Å². The summed E-state index contributed by atoms with van der Waals surface area (Å²) in [6, 6.07) is 6.03. The molecule has 0 aromatic heterocycles. The molecule has 3 N–H and O–H groups in total. The SMILES string of the molecule is COc1cc(OCCCC(C)CCCC(C)C)ccc1CCC(N)(CO)C(C)C. The fourth-order valence-corrected chi connectivity index (χ4v) is 3.58. The first kappa shape index (κ1) is 25.8. The van der Waals surface area contributed by atoms with Gasteiger partial charge in [-0.05, 0) is 55.1 Å². The maximum atomic E-state index is 9.66. The van der Waals surface area contributed by atoms with Crippen LogP contribution in [0, 0.1) is 17.8 Å². The molecule has 2 unspecified atom stereocenters. The van der Waals surface area contributed by atoms with Crippen LogP contribution in [-0.2, 0) is 6.42 Å². The predicted molar refractivity (Wildman–Crippen MR) is 123 cm³/mol. The highest BCUT2D eigenvalue weighted by Crippen LogP contribution is 2.29. The fourth-order valence-electron chi connectivity index (χ4n) is 3.58. The minimum atomic E-state index is -0.563. The van der Waals surface area contributed by atoms with Gasteiger partial charge in [-0.15, -0.1) is 0 Å². The number of aryl methyl sites for hydroxylation is 1. The van der Waals surface area contributed by atoms with Crippen LogP contribution in [0.4, 0.5) is 0 Å². The van der Waals surface area contributed by atoms with Gasteiger partial charge in [0, 0.05) is 11.6 Å². The maximum absolute atomic E-state index is 9.66. The van der Waals surface area contributed by atoms with Gasteiger partial charge >= 0.3 is 0 Å². The largest absolute Gasteiger partial charge is 0.496 e. The summed E-state index contributed by atoms with van der Waals surface area (Å²) < 4.78 is 11.5. The van der Waals surface area contributed by atoms with Crippen molar-refractivity contribution < 1.29 is 14.6 Å². The smallest absolute Gasteiger partial charge is 0.125 e. The van der Waals surface area contributed by atoms with E-state index in [9.17, 15) is 5.11 Å². The molecular weight excluding hydrogens is 362 g/mol. The summed E-state index contributed by atoms with van der Waals surface area (Å²) in [5.74, 6) is 3.46. The second kappa shape index (κ2) is 13.1. The molecule has 0 fully saturated rings. The molecule has 4 nitrogen and oxygen atoms in total. The van der Waals surface area contributed by atoms with Gasteiger partial charge in [-0.2, -0.15) is 0 Å². The average Bonchev–Trinajstić information content (AvgIpc) is 2.69. The summed E-state index contributed by atoms with van der Waals surface area (Å²) in [5, 5.41) is 9.66. The summed E-state index contributed by atoms with van der Waals surface area (Å²) in [7, 11) is 1.69. The Morgan fingerprint density at radius 2 is 1.72 bits per heavy atom. The molecule has 1 aromatic rings. The molecule has 1 rings (SSSR count). The summed E-state index contributed by atoms with van der Waals surface area (Å²) in [4.78, 5) is 0. The molecule has 2 atom stereocenters. The van der Waals surface area contributed by atoms with Crippen LogP contribution in [0.3, 0.4) is 0 Å². The Hall–Kier alpha value is -1.26. The van der Waals surface area contributed by atoms with Crippen LogP contribution in [0.15, 0.2) is 18.2 Å². The second-order valence-corrected chi connectivity index (χ2v) is 9.44. The normalized spacial score (nSPS) is 14.8. The zero-order chi connectivity index (χ0) is 21.9. The summed E-state index contributed by atoms with van der Waals surface area (Å²) in [6.07, 6.45) is 7.74. The molecule has 0 aliphatic carbocycles. The van der Waals surface area contributed by atoms with E-state index in [1.165, 1.54) is 25.7 Å². The average molecular weight is 408 g/mol. The third-order valence-electron chi connectivity index (χ3n) is 6.15. The first-order valence-corrected chi connectivity index (χ1v) is 11.4. The standard InChI is InChI=1S/C25H45NO3/c1-19(2)9-7-10-21(5)11-8-16-29-23-13-12-22(24(17-23)28-6)14-15-25(26,18-27)20(3)4/h12-13,17,19-21,27H,7-11,14-16,18,26H2,1-6H3. The van der Waals surface area contributed by atoms with Gasteiger partial charge in [-0.25, -0.2) is 0 Å². The molecular formula is C25H45NO3. The van der Waals surface area contributed by atoms with E-state index >= 15 is 0 Å². The number of ether oxygens (including phenoxy) is 2. The van der Waals surface area contributed by atoms with Gasteiger partial charge < -0.3 is 20.3 Å². The van der Waals surface area contributed by atoms with Crippen molar-refractivity contribution in [3.8, 4) is 11.5 Å². The molecule has 168 valence electrons. The third-order valence-corrected chi connectivity index (χ3v) is 6.15. The van der Waals surface area contributed by atoms with Crippen LogP contribution >= 0.6 is 0 Å². The van der Waals surface area contributed by atoms with E-state index in [0.29, 0.717) is 6.42 Å². The van der Waals surface area contributed by atoms with Crippen molar-refractivity contribution in [1.29, 1.82) is 0 Å². The van der Waals surface area contributed by atoms with Crippen molar-refractivity contribution in [1.82, 2.24) is 0 Å². The Morgan fingerprint density at radius 3 is 2.31 bits per heavy atom. The Balaban J connectivity index is 2.47. The number of hydrogen-bond acceptors (Lipinski definition) is 4. The minimum Gasteiger partial charge on any atom is -0.496 e. The third kappa shape index (κ3) is 9.39. The van der Waals surface area contributed by atoms with Crippen LogP contribution in [0.5, 0.6) is 11.5 Å². The van der Waals surface area contributed by atoms with Gasteiger partial charge in [0.05, 0.1) is 20.3 Å². The van der Waals surface area contributed by atoms with Gasteiger partial charge in [0.1, 0.15) is 11.5 Å². The van der Waals surface area contributed by atoms with E-state index in [1.54, 1.807) is 7.11 Å². The summed E-state index contributed by atoms with van der Waals surface area (Å²) in [5.41, 5.74) is 6.88. The molecule has 0 bridgehead atoms. The Kier molecular flexibility index (Phi) is 11.7. The zero-order valence-corrected chi connectivity index (χ0v) is 19.7. The fraction of sp³-hybridized carbons (Fsp3) is 0.760. The number of rotatable bonds is 15. The molecule has 4 heteroatoms. The lowest BCUT2D eigenvalue weighted by Crippen LogP contribution is -2.48. The molecule has 0 saturated heterocycles. The number of aliphatic hydroxyl groups excluding tert-OH is 1. The van der Waals surface area contributed by atoms with Gasteiger partial charge in [0.25, 0.3) is 0 Å². The molecule has 1 aromatic carbocycles. The molecule has 0 aliphatic rings. The molecule has 29 heavy (non-hydrogen) atoms. The van der Waals surface area contributed by atoms with E-state index in [0.717, 1.165) is 48.3 Å². The van der Waals surface area contributed by atoms with Crippen molar-refractivity contribution in [2.24, 2.45) is 23.5 Å². The first-order chi connectivity index (χ1) is 13.7. The van der Waals surface area contributed by atoms with Crippen LogP contribution in [0.2, 0.25) is 0 Å². The lowest BCUT2D eigenvalue weighted by molar-refractivity contribution is 0.146. The predicted octanol–water partition coefficient (Wildman–Crippen LogP) is 5.60. The summed E-state index contributed by atoms with van der Waals surface area (Å²) in [6.45, 7) is 11.8. The number of aliphatic hydroxyl groups is 1. The second-order valence-electron chi connectivity index (χ2n) is 9.44. The molecule has 0 heterocycles. The zero-order valence-electron chi connectivity index (χ0n) is 19.7. The van der Waals surface area contributed by atoms with Crippen LogP contribution in [0.25, 0.3) is 0 Å². The highest BCUT2D eigenvalue weighted by atomic mass is 16.5. The Labute approximate surface area is 179 Å². The highest BCUT2D eigenvalue weighted by molar-refractivity contribution is 5.41. The number of methoxy groups -OCH3 is 1. The van der Waals surface area contributed by atoms with Gasteiger partial charge in [0.15, 0.2) is 0 Å². The number of hydrogen-bond donors (Lipinski definition) is 2. The van der Waals surface area contributed by atoms with Crippen molar-refractivity contribution in [2.45, 2.75) is 85.1 Å². The molecule has 0 radical (unpaired) electrons. The Morgan fingerprint density at radius 1 is 1.03 bits per heavy atom. The molecule has 0 amide bonds. The molecule has 0 saturated carbocycles. The van der Waals surface area contributed by atoms with Crippen LogP contribution in [0.1, 0.15) is 78.7 Å². The van der Waals surface area contributed by atoms with E-state index in [1.807, 2.05) is 12.1 Å². The van der Waals surface area contributed by atoms with Crippen molar-refractivity contribution in [3.05, 3.63) is 23.8 Å². The van der Waals surface area contributed by atoms with Crippen LogP contribution < -0.4 is 15.2 Å². The number of benzene rings is 1. The maximum Gasteiger partial charge on any atom is 0.125 e. The lowest BCUT2D eigenvalue weighted by Gasteiger charge is -2.31. The Bertz CT molecular complexity index is 573. The van der Waals surface area contributed by atoms with E-state index in [-0.39, 0.29) is 12.5 Å². The molecule has 0 aliphatic heterocycles. The quantitative estimate of drug-likeness (QED) is 0.372.